The molecular formula is C29H28Cl3NO2. The van der Waals surface area contributed by atoms with Crippen LogP contribution in [0, 0.1) is 10.8 Å². The van der Waals surface area contributed by atoms with Gasteiger partial charge in [0.2, 0.25) is 0 Å². The number of rotatable bonds is 2. The number of ketones is 2. The Hall–Kier alpha value is -2.07. The van der Waals surface area contributed by atoms with Crippen LogP contribution in [0.3, 0.4) is 0 Å². The molecule has 2 aliphatic carbocycles. The topological polar surface area (TPSA) is 37.4 Å². The lowest BCUT2D eigenvalue weighted by Gasteiger charge is -2.49. The van der Waals surface area contributed by atoms with Crippen LogP contribution >= 0.6 is 34.8 Å². The Morgan fingerprint density at radius 3 is 1.86 bits per heavy atom. The van der Waals surface area contributed by atoms with Crippen LogP contribution in [0.4, 0.5) is 5.69 Å². The van der Waals surface area contributed by atoms with Gasteiger partial charge < -0.3 is 4.90 Å². The van der Waals surface area contributed by atoms with Crippen LogP contribution in [0.25, 0.3) is 0 Å². The van der Waals surface area contributed by atoms with Gasteiger partial charge in [0.05, 0.1) is 15.7 Å². The van der Waals surface area contributed by atoms with E-state index < -0.39 is 5.92 Å². The first-order valence-corrected chi connectivity index (χ1v) is 13.0. The number of hydrogen-bond donors (Lipinski definition) is 0. The predicted molar refractivity (Wildman–Crippen MR) is 143 cm³/mol. The van der Waals surface area contributed by atoms with Gasteiger partial charge in [-0.15, -0.1) is 0 Å². The van der Waals surface area contributed by atoms with Gasteiger partial charge in [0.1, 0.15) is 0 Å². The second-order valence-corrected chi connectivity index (χ2v) is 12.7. The summed E-state index contributed by atoms with van der Waals surface area (Å²) in [6.07, 6.45) is 2.20. The molecular weight excluding hydrogens is 501 g/mol. The van der Waals surface area contributed by atoms with Crippen LogP contribution in [0.1, 0.15) is 64.9 Å². The molecule has 0 N–H and O–H groups in total. The molecule has 2 aromatic carbocycles. The molecule has 0 fully saturated rings. The summed E-state index contributed by atoms with van der Waals surface area (Å²) in [6.45, 7) is 8.45. The zero-order valence-corrected chi connectivity index (χ0v) is 22.6. The third kappa shape index (κ3) is 4.26. The predicted octanol–water partition coefficient (Wildman–Crippen LogP) is 8.54. The van der Waals surface area contributed by atoms with Crippen LogP contribution < -0.4 is 4.90 Å². The molecule has 35 heavy (non-hydrogen) atoms. The van der Waals surface area contributed by atoms with E-state index in [1.165, 1.54) is 0 Å². The number of anilines is 1. The number of carbonyl (C=O) groups excluding carboxylic acids is 2. The summed E-state index contributed by atoms with van der Waals surface area (Å²) in [5.74, 6) is -0.317. The summed E-state index contributed by atoms with van der Waals surface area (Å²) in [6, 6.07) is 13.1. The number of benzene rings is 2. The van der Waals surface area contributed by atoms with E-state index in [0.29, 0.717) is 57.6 Å². The molecule has 5 rings (SSSR count). The summed E-state index contributed by atoms with van der Waals surface area (Å²) in [7, 11) is 0. The van der Waals surface area contributed by atoms with Crippen molar-refractivity contribution >= 4 is 52.1 Å². The highest BCUT2D eigenvalue weighted by Gasteiger charge is 2.49. The van der Waals surface area contributed by atoms with Gasteiger partial charge in [-0.3, -0.25) is 9.59 Å². The Morgan fingerprint density at radius 1 is 0.771 bits per heavy atom. The largest absolute Gasteiger partial charge is 0.315 e. The molecule has 3 nitrogen and oxygen atoms in total. The van der Waals surface area contributed by atoms with Gasteiger partial charge in [0.15, 0.2) is 11.6 Å². The zero-order chi connectivity index (χ0) is 25.3. The summed E-state index contributed by atoms with van der Waals surface area (Å²) in [5.41, 5.74) is 4.28. The number of Topliss-reactive ketones (excluding diaryl/α,β-unsaturated/α-hetero) is 2. The quantitative estimate of drug-likeness (QED) is 0.392. The molecule has 0 bridgehead atoms. The maximum Gasteiger partial charge on any atom is 0.162 e. The van der Waals surface area contributed by atoms with E-state index in [2.05, 4.69) is 32.6 Å². The van der Waals surface area contributed by atoms with Gasteiger partial charge >= 0.3 is 0 Å². The van der Waals surface area contributed by atoms with Gasteiger partial charge in [0, 0.05) is 46.3 Å². The maximum atomic E-state index is 13.8. The first-order valence-electron chi connectivity index (χ1n) is 11.9. The molecule has 0 atom stereocenters. The minimum Gasteiger partial charge on any atom is -0.315 e. The fourth-order valence-corrected chi connectivity index (χ4v) is 6.52. The third-order valence-corrected chi connectivity index (χ3v) is 8.31. The maximum absolute atomic E-state index is 13.8. The third-order valence-electron chi connectivity index (χ3n) is 7.26. The molecule has 0 amide bonds. The minimum absolute atomic E-state index is 0.0635. The lowest BCUT2D eigenvalue weighted by atomic mass is 9.63. The van der Waals surface area contributed by atoms with Gasteiger partial charge in [-0.25, -0.2) is 0 Å². The van der Waals surface area contributed by atoms with E-state index in [-0.39, 0.29) is 22.4 Å². The van der Waals surface area contributed by atoms with E-state index in [1.54, 1.807) is 6.07 Å². The molecule has 0 aromatic heterocycles. The summed E-state index contributed by atoms with van der Waals surface area (Å²) >= 11 is 19.6. The van der Waals surface area contributed by atoms with E-state index in [1.807, 2.05) is 36.4 Å². The van der Waals surface area contributed by atoms with Crippen molar-refractivity contribution in [3.05, 3.63) is 85.6 Å². The van der Waals surface area contributed by atoms with Crippen molar-refractivity contribution in [2.75, 3.05) is 4.90 Å². The van der Waals surface area contributed by atoms with Crippen molar-refractivity contribution < 1.29 is 9.59 Å². The average molecular weight is 529 g/mol. The van der Waals surface area contributed by atoms with Crippen molar-refractivity contribution in [2.45, 2.75) is 59.3 Å². The van der Waals surface area contributed by atoms with Crippen LogP contribution in [-0.2, 0) is 9.59 Å². The fraction of sp³-hybridized carbons (Fsp3) is 0.379. The SMILES string of the molecule is CC1(C)CC(=O)C2=C(C1)N(c1cccc(Cl)c1Cl)C1=C(C(=O)CC(C)(C)C1)C2c1cccc(Cl)c1. The molecule has 182 valence electrons. The second-order valence-electron chi connectivity index (χ2n) is 11.5. The average Bonchev–Trinajstić information content (AvgIpc) is 2.73. The Bertz CT molecular complexity index is 1280. The number of carbonyl (C=O) groups is 2. The molecule has 0 spiro atoms. The van der Waals surface area contributed by atoms with E-state index in [9.17, 15) is 9.59 Å². The minimum atomic E-state index is -0.444. The molecule has 0 saturated carbocycles. The van der Waals surface area contributed by atoms with E-state index >= 15 is 0 Å². The second kappa shape index (κ2) is 8.50. The van der Waals surface area contributed by atoms with Gasteiger partial charge in [-0.05, 0) is 53.5 Å². The van der Waals surface area contributed by atoms with Crippen molar-refractivity contribution in [1.29, 1.82) is 0 Å². The van der Waals surface area contributed by atoms with Crippen molar-refractivity contribution in [3.8, 4) is 0 Å². The highest BCUT2D eigenvalue weighted by atomic mass is 35.5. The van der Waals surface area contributed by atoms with Crippen LogP contribution in [0.2, 0.25) is 15.1 Å². The monoisotopic (exact) mass is 527 g/mol. The highest BCUT2D eigenvalue weighted by Crippen LogP contribution is 2.56. The van der Waals surface area contributed by atoms with Gasteiger partial charge in [-0.2, -0.15) is 0 Å². The number of nitrogens with zero attached hydrogens (tertiary/aromatic N) is 1. The van der Waals surface area contributed by atoms with Crippen molar-refractivity contribution in [1.82, 2.24) is 0 Å². The first-order chi connectivity index (χ1) is 16.4. The lowest BCUT2D eigenvalue weighted by molar-refractivity contribution is -0.119. The van der Waals surface area contributed by atoms with Crippen LogP contribution in [0.5, 0.6) is 0 Å². The van der Waals surface area contributed by atoms with Crippen LogP contribution in [-0.4, -0.2) is 11.6 Å². The van der Waals surface area contributed by atoms with Gasteiger partial charge in [-0.1, -0.05) is 80.7 Å². The Kier molecular flexibility index (Phi) is 5.98. The molecule has 3 aliphatic rings. The molecule has 2 aromatic rings. The van der Waals surface area contributed by atoms with E-state index in [4.69, 9.17) is 34.8 Å². The summed E-state index contributed by atoms with van der Waals surface area (Å²) in [4.78, 5) is 29.8. The molecule has 6 heteroatoms. The van der Waals surface area contributed by atoms with Crippen molar-refractivity contribution in [3.63, 3.8) is 0 Å². The highest BCUT2D eigenvalue weighted by molar-refractivity contribution is 6.43. The molecule has 0 unspecified atom stereocenters. The smallest absolute Gasteiger partial charge is 0.162 e. The lowest BCUT2D eigenvalue weighted by Crippen LogP contribution is -2.44. The molecule has 0 saturated heterocycles. The normalized spacial score (nSPS) is 21.9. The number of allylic oxidation sites excluding steroid dienone is 4. The van der Waals surface area contributed by atoms with Crippen LogP contribution in [0.15, 0.2) is 65.0 Å². The number of hydrogen-bond acceptors (Lipinski definition) is 3. The molecule has 1 heterocycles. The molecule has 0 radical (unpaired) electrons. The van der Waals surface area contributed by atoms with Crippen molar-refractivity contribution in [2.24, 2.45) is 10.8 Å². The first kappa shape index (κ1) is 24.6. The van der Waals surface area contributed by atoms with E-state index in [0.717, 1.165) is 17.0 Å². The zero-order valence-electron chi connectivity index (χ0n) is 20.3. The van der Waals surface area contributed by atoms with Gasteiger partial charge in [0.25, 0.3) is 0 Å². The molecule has 1 aliphatic heterocycles. The Morgan fingerprint density at radius 2 is 1.31 bits per heavy atom. The fourth-order valence-electron chi connectivity index (χ4n) is 5.94. The Labute approximate surface area is 221 Å². The summed E-state index contributed by atoms with van der Waals surface area (Å²) in [5, 5.41) is 1.44. The number of halogens is 3. The Balaban J connectivity index is 1.87. The standard InChI is InChI=1S/C29H28Cl3NO2/c1-28(2)12-20-25(22(34)14-28)24(16-7-5-8-17(30)11-16)26-21(13-29(3,4)15-23(26)35)33(20)19-10-6-9-18(31)27(19)32/h5-11,24H,12-15H2,1-4H3. The summed E-state index contributed by atoms with van der Waals surface area (Å²) < 4.78 is 0.